The van der Waals surface area contributed by atoms with Crippen molar-refractivity contribution in [2.75, 3.05) is 0 Å². The van der Waals surface area contributed by atoms with E-state index in [1.165, 1.54) is 16.9 Å². The highest BCUT2D eigenvalue weighted by atomic mass is 32.1. The third kappa shape index (κ3) is 2.58. The number of aryl methyl sites for hydroxylation is 3. The average Bonchev–Trinajstić information content (AvgIpc) is 2.98. The number of benzene rings is 1. The van der Waals surface area contributed by atoms with Crippen LogP contribution in [-0.2, 0) is 17.6 Å². The lowest BCUT2D eigenvalue weighted by atomic mass is 9.85. The Morgan fingerprint density at radius 3 is 2.69 bits per heavy atom. The first-order valence-corrected chi connectivity index (χ1v) is 9.76. The molecule has 4 rings (SSSR count). The first-order valence-electron chi connectivity index (χ1n) is 8.95. The fourth-order valence-corrected chi connectivity index (χ4v) is 5.35. The molecule has 1 aliphatic carbocycles. The Hall–Kier alpha value is -2.40. The number of pyridine rings is 1. The number of aromatic nitrogens is 1. The molecule has 1 aliphatic rings. The molecule has 0 saturated heterocycles. The Kier molecular flexibility index (Phi) is 4.19. The minimum atomic E-state index is -0.880. The quantitative estimate of drug-likeness (QED) is 0.680. The predicted octanol–water partition coefficient (Wildman–Crippen LogP) is 5.04. The molecule has 1 atom stereocenters. The van der Waals surface area contributed by atoms with Crippen molar-refractivity contribution >= 4 is 27.5 Å². The smallest absolute Gasteiger partial charge is 0.310 e. The van der Waals surface area contributed by atoms with E-state index in [0.717, 1.165) is 40.7 Å². The molecule has 0 fully saturated rings. The highest BCUT2D eigenvalue weighted by Gasteiger charge is 2.28. The van der Waals surface area contributed by atoms with Crippen molar-refractivity contribution in [2.24, 2.45) is 0 Å². The van der Waals surface area contributed by atoms with Gasteiger partial charge in [-0.3, -0.25) is 4.79 Å². The van der Waals surface area contributed by atoms with E-state index in [4.69, 9.17) is 4.98 Å². The SMILES string of the molecule is Cc1nc2sc3c(c2c(-c2ccccc2O)c1C(C)C(=O)O)CCCC3. The van der Waals surface area contributed by atoms with Crippen LogP contribution in [0.5, 0.6) is 5.75 Å². The topological polar surface area (TPSA) is 70.4 Å². The maximum atomic E-state index is 11.8. The van der Waals surface area contributed by atoms with Gasteiger partial charge in [0.1, 0.15) is 10.6 Å². The van der Waals surface area contributed by atoms with Gasteiger partial charge in [-0.1, -0.05) is 18.2 Å². The largest absolute Gasteiger partial charge is 0.507 e. The van der Waals surface area contributed by atoms with Gasteiger partial charge in [-0.25, -0.2) is 4.98 Å². The molecule has 134 valence electrons. The summed E-state index contributed by atoms with van der Waals surface area (Å²) in [5.74, 6) is -1.40. The molecule has 0 amide bonds. The molecule has 5 heteroatoms. The second-order valence-corrected chi connectivity index (χ2v) is 8.04. The number of phenolic OH excluding ortho intramolecular Hbond substituents is 1. The maximum absolute atomic E-state index is 11.8. The Morgan fingerprint density at radius 1 is 1.23 bits per heavy atom. The number of fused-ring (bicyclic) bond motifs is 3. The number of para-hydroxylation sites is 1. The maximum Gasteiger partial charge on any atom is 0.310 e. The molecule has 26 heavy (non-hydrogen) atoms. The van der Waals surface area contributed by atoms with E-state index in [1.807, 2.05) is 19.1 Å². The molecule has 2 N–H and O–H groups in total. The van der Waals surface area contributed by atoms with Crippen LogP contribution in [0.3, 0.4) is 0 Å². The molecule has 1 unspecified atom stereocenters. The minimum Gasteiger partial charge on any atom is -0.507 e. The van der Waals surface area contributed by atoms with Gasteiger partial charge >= 0.3 is 5.97 Å². The van der Waals surface area contributed by atoms with Gasteiger partial charge in [0.25, 0.3) is 0 Å². The number of hydrogen-bond acceptors (Lipinski definition) is 4. The highest BCUT2D eigenvalue weighted by molar-refractivity contribution is 7.19. The van der Waals surface area contributed by atoms with Gasteiger partial charge in [0.05, 0.1) is 5.92 Å². The van der Waals surface area contributed by atoms with Gasteiger partial charge in [-0.05, 0) is 56.7 Å². The van der Waals surface area contributed by atoms with Crippen LogP contribution in [-0.4, -0.2) is 21.2 Å². The van der Waals surface area contributed by atoms with Gasteiger partial charge in [0.2, 0.25) is 0 Å². The van der Waals surface area contributed by atoms with Gasteiger partial charge in [0.15, 0.2) is 0 Å². The second kappa shape index (κ2) is 6.40. The summed E-state index contributed by atoms with van der Waals surface area (Å²) in [6, 6.07) is 7.19. The normalized spacial score (nSPS) is 15.0. The zero-order chi connectivity index (χ0) is 18.4. The van der Waals surface area contributed by atoms with E-state index in [9.17, 15) is 15.0 Å². The lowest BCUT2D eigenvalue weighted by Crippen LogP contribution is -2.12. The number of rotatable bonds is 3. The molecule has 0 saturated carbocycles. The molecule has 0 bridgehead atoms. The Bertz CT molecular complexity index is 1020. The molecule has 0 spiro atoms. The number of aromatic hydroxyl groups is 1. The second-order valence-electron chi connectivity index (χ2n) is 6.95. The summed E-state index contributed by atoms with van der Waals surface area (Å²) < 4.78 is 0. The minimum absolute atomic E-state index is 0.175. The number of carboxylic acid groups (broad SMARTS) is 1. The van der Waals surface area contributed by atoms with Crippen LogP contribution in [0.1, 0.15) is 47.4 Å². The van der Waals surface area contributed by atoms with E-state index in [-0.39, 0.29) is 5.75 Å². The van der Waals surface area contributed by atoms with Gasteiger partial charge in [0, 0.05) is 27.1 Å². The van der Waals surface area contributed by atoms with Crippen molar-refractivity contribution in [2.45, 2.75) is 45.4 Å². The van der Waals surface area contributed by atoms with Crippen molar-refractivity contribution in [3.05, 3.63) is 46.0 Å². The molecule has 0 radical (unpaired) electrons. The predicted molar refractivity (Wildman–Crippen MR) is 104 cm³/mol. The van der Waals surface area contributed by atoms with Crippen molar-refractivity contribution in [3.63, 3.8) is 0 Å². The van der Waals surface area contributed by atoms with Crippen molar-refractivity contribution < 1.29 is 15.0 Å². The highest BCUT2D eigenvalue weighted by Crippen LogP contribution is 2.46. The summed E-state index contributed by atoms with van der Waals surface area (Å²) in [5.41, 5.74) is 4.26. The van der Waals surface area contributed by atoms with E-state index in [1.54, 1.807) is 30.4 Å². The van der Waals surface area contributed by atoms with Crippen molar-refractivity contribution in [1.29, 1.82) is 0 Å². The average molecular weight is 367 g/mol. The number of nitrogens with zero attached hydrogens (tertiary/aromatic N) is 1. The molecular formula is C21H21NO3S. The molecule has 1 aromatic carbocycles. The summed E-state index contributed by atoms with van der Waals surface area (Å²) in [6.07, 6.45) is 4.36. The van der Waals surface area contributed by atoms with E-state index in [0.29, 0.717) is 11.1 Å². The van der Waals surface area contributed by atoms with E-state index in [2.05, 4.69) is 0 Å². The van der Waals surface area contributed by atoms with Crippen LogP contribution in [0.25, 0.3) is 21.3 Å². The summed E-state index contributed by atoms with van der Waals surface area (Å²) in [6.45, 7) is 3.57. The van der Waals surface area contributed by atoms with Crippen LogP contribution < -0.4 is 0 Å². The van der Waals surface area contributed by atoms with E-state index < -0.39 is 11.9 Å². The van der Waals surface area contributed by atoms with Crippen molar-refractivity contribution in [1.82, 2.24) is 4.98 Å². The number of thiophene rings is 1. The molecule has 0 aliphatic heterocycles. The van der Waals surface area contributed by atoms with Gasteiger partial charge in [-0.15, -0.1) is 11.3 Å². The van der Waals surface area contributed by atoms with Gasteiger partial charge in [-0.2, -0.15) is 0 Å². The van der Waals surface area contributed by atoms with Crippen LogP contribution >= 0.6 is 11.3 Å². The number of carboxylic acids is 1. The third-order valence-corrected chi connectivity index (χ3v) is 6.49. The van der Waals surface area contributed by atoms with Crippen LogP contribution in [0, 0.1) is 6.92 Å². The lowest BCUT2D eigenvalue weighted by molar-refractivity contribution is -0.138. The molecule has 4 nitrogen and oxygen atoms in total. The van der Waals surface area contributed by atoms with Crippen molar-refractivity contribution in [3.8, 4) is 16.9 Å². The zero-order valence-corrected chi connectivity index (χ0v) is 15.7. The molecule has 2 aromatic heterocycles. The fraction of sp³-hybridized carbons (Fsp3) is 0.333. The number of carbonyl (C=O) groups is 1. The Labute approximate surface area is 156 Å². The number of hydrogen-bond donors (Lipinski definition) is 2. The molecular weight excluding hydrogens is 346 g/mol. The summed E-state index contributed by atoms with van der Waals surface area (Å²) in [5, 5.41) is 21.3. The monoisotopic (exact) mass is 367 g/mol. The summed E-state index contributed by atoms with van der Waals surface area (Å²) in [4.78, 5) is 18.9. The standard InChI is InChI=1S/C21H21NO3S/c1-11(21(24)25)17-12(2)22-20-19(14-8-4-6-10-16(14)26-20)18(17)13-7-3-5-9-15(13)23/h3,5,7,9,11,23H,4,6,8,10H2,1-2H3,(H,24,25). The van der Waals surface area contributed by atoms with Crippen LogP contribution in [0.2, 0.25) is 0 Å². The van der Waals surface area contributed by atoms with Gasteiger partial charge < -0.3 is 10.2 Å². The third-order valence-electron chi connectivity index (χ3n) is 5.31. The molecule has 3 aromatic rings. The Morgan fingerprint density at radius 2 is 1.96 bits per heavy atom. The van der Waals surface area contributed by atoms with E-state index >= 15 is 0 Å². The summed E-state index contributed by atoms with van der Waals surface area (Å²) in [7, 11) is 0. The molecule has 2 heterocycles. The first-order chi connectivity index (χ1) is 12.5. The zero-order valence-electron chi connectivity index (χ0n) is 14.9. The number of phenols is 1. The first kappa shape index (κ1) is 17.0. The summed E-state index contributed by atoms with van der Waals surface area (Å²) >= 11 is 1.72. The fourth-order valence-electron chi connectivity index (χ4n) is 4.03. The lowest BCUT2D eigenvalue weighted by Gasteiger charge is -2.19. The van der Waals surface area contributed by atoms with Crippen LogP contribution in [0.4, 0.5) is 0 Å². The van der Waals surface area contributed by atoms with Crippen LogP contribution in [0.15, 0.2) is 24.3 Å². The Balaban J connectivity index is 2.16. The number of aliphatic carboxylic acids is 1.